The van der Waals surface area contributed by atoms with Gasteiger partial charge in [0, 0.05) is 25.6 Å². The number of alkyl carbamates (subject to hydrolysis) is 1. The SMILES string of the molecule is C=CCCC(C)(C)COC(=O)NC(C(=O)N1CC(OC(=O)N2Cc3cccc(CC=C)c3C2)CC1C)C(C)(C)C. The molecule has 3 atom stereocenters. The standard InChI is InChI=1S/C32H47N3O5/c1-9-11-16-32(7,8)21-39-29(37)33-27(31(4,5)6)28(36)35-19-25(17-22(35)3)40-30(38)34-18-24-15-12-14-23(13-10-2)26(24)20-34/h9-10,12,14-15,22,25,27H,1-2,11,13,16-21H2,3-8H3,(H,33,37). The van der Waals surface area contributed by atoms with Crippen molar-refractivity contribution in [2.45, 2.75) is 98.5 Å². The average Bonchev–Trinajstić information content (AvgIpc) is 3.48. The summed E-state index contributed by atoms with van der Waals surface area (Å²) in [7, 11) is 0. The van der Waals surface area contributed by atoms with E-state index in [1.807, 2.05) is 65.8 Å². The van der Waals surface area contributed by atoms with E-state index in [1.54, 1.807) is 9.80 Å². The van der Waals surface area contributed by atoms with Crippen molar-refractivity contribution in [3.63, 3.8) is 0 Å². The fourth-order valence-electron chi connectivity index (χ4n) is 5.36. The third-order valence-corrected chi connectivity index (χ3v) is 7.78. The van der Waals surface area contributed by atoms with Crippen molar-refractivity contribution in [3.05, 3.63) is 60.2 Å². The van der Waals surface area contributed by atoms with Crippen LogP contribution in [0.15, 0.2) is 43.5 Å². The Labute approximate surface area is 239 Å². The Morgan fingerprint density at radius 2 is 1.85 bits per heavy atom. The van der Waals surface area contributed by atoms with Crippen LogP contribution in [-0.4, -0.2) is 59.2 Å². The van der Waals surface area contributed by atoms with Gasteiger partial charge >= 0.3 is 12.2 Å². The first-order valence-electron chi connectivity index (χ1n) is 14.3. The van der Waals surface area contributed by atoms with Gasteiger partial charge in [0.05, 0.1) is 13.2 Å². The molecule has 1 saturated heterocycles. The normalized spacial score (nSPS) is 19.6. The lowest BCUT2D eigenvalue weighted by Crippen LogP contribution is -2.55. The topological polar surface area (TPSA) is 88.2 Å². The maximum Gasteiger partial charge on any atom is 0.410 e. The van der Waals surface area contributed by atoms with E-state index in [9.17, 15) is 14.4 Å². The van der Waals surface area contributed by atoms with Gasteiger partial charge < -0.3 is 19.7 Å². The second-order valence-electron chi connectivity index (χ2n) is 13.0. The molecule has 0 radical (unpaired) electrons. The van der Waals surface area contributed by atoms with Crippen molar-refractivity contribution < 1.29 is 23.9 Å². The monoisotopic (exact) mass is 553 g/mol. The van der Waals surface area contributed by atoms with Crippen LogP contribution in [0.25, 0.3) is 0 Å². The summed E-state index contributed by atoms with van der Waals surface area (Å²) < 4.78 is 11.4. The van der Waals surface area contributed by atoms with E-state index < -0.39 is 23.7 Å². The summed E-state index contributed by atoms with van der Waals surface area (Å²) in [5, 5.41) is 2.81. The van der Waals surface area contributed by atoms with Crippen LogP contribution in [0, 0.1) is 10.8 Å². The van der Waals surface area contributed by atoms with Gasteiger partial charge in [0.1, 0.15) is 12.1 Å². The van der Waals surface area contributed by atoms with Crippen LogP contribution >= 0.6 is 0 Å². The van der Waals surface area contributed by atoms with Gasteiger partial charge in [-0.2, -0.15) is 0 Å². The molecule has 1 aromatic rings. The molecule has 3 unspecified atom stereocenters. The van der Waals surface area contributed by atoms with Gasteiger partial charge in [0.15, 0.2) is 0 Å². The van der Waals surface area contributed by atoms with Crippen LogP contribution in [0.3, 0.4) is 0 Å². The second kappa shape index (κ2) is 12.9. The zero-order valence-electron chi connectivity index (χ0n) is 25.1. The number of likely N-dealkylation sites (tertiary alicyclic amines) is 1. The Balaban J connectivity index is 1.59. The lowest BCUT2D eigenvalue weighted by atomic mass is 9.85. The quantitative estimate of drug-likeness (QED) is 0.360. The Kier molecular flexibility index (Phi) is 10.1. The summed E-state index contributed by atoms with van der Waals surface area (Å²) >= 11 is 0. The molecular formula is C32H47N3O5. The number of hydrogen-bond donors (Lipinski definition) is 1. The molecule has 0 spiro atoms. The minimum absolute atomic E-state index is 0.138. The molecule has 220 valence electrons. The highest BCUT2D eigenvalue weighted by Gasteiger charge is 2.43. The molecular weight excluding hydrogens is 506 g/mol. The Hall–Kier alpha value is -3.29. The lowest BCUT2D eigenvalue weighted by molar-refractivity contribution is -0.137. The van der Waals surface area contributed by atoms with Crippen LogP contribution in [0.2, 0.25) is 0 Å². The summed E-state index contributed by atoms with van der Waals surface area (Å²) in [5.74, 6) is -0.205. The lowest BCUT2D eigenvalue weighted by Gasteiger charge is -2.35. The van der Waals surface area contributed by atoms with Crippen LogP contribution in [0.1, 0.15) is 77.5 Å². The Bertz CT molecular complexity index is 1110. The number of amides is 3. The van der Waals surface area contributed by atoms with Gasteiger partial charge in [0.2, 0.25) is 5.91 Å². The Morgan fingerprint density at radius 1 is 1.12 bits per heavy atom. The molecule has 0 bridgehead atoms. The van der Waals surface area contributed by atoms with Gasteiger partial charge in [0.25, 0.3) is 0 Å². The first-order chi connectivity index (χ1) is 18.8. The molecule has 2 aliphatic rings. The number of fused-ring (bicyclic) bond motifs is 1. The maximum absolute atomic E-state index is 13.7. The smallest absolute Gasteiger partial charge is 0.410 e. The predicted octanol–water partition coefficient (Wildman–Crippen LogP) is 5.99. The fourth-order valence-corrected chi connectivity index (χ4v) is 5.36. The van der Waals surface area contributed by atoms with E-state index >= 15 is 0 Å². The summed E-state index contributed by atoms with van der Waals surface area (Å²) in [5.41, 5.74) is 2.72. The predicted molar refractivity (Wildman–Crippen MR) is 157 cm³/mol. The zero-order chi connectivity index (χ0) is 29.7. The van der Waals surface area contributed by atoms with Crippen LogP contribution in [0.4, 0.5) is 9.59 Å². The highest BCUT2D eigenvalue weighted by atomic mass is 16.6. The fraction of sp³-hybridized carbons (Fsp3) is 0.594. The largest absolute Gasteiger partial charge is 0.449 e. The molecule has 2 heterocycles. The number of nitrogens with zero attached hydrogens (tertiary/aromatic N) is 2. The van der Waals surface area contributed by atoms with Gasteiger partial charge in [-0.25, -0.2) is 9.59 Å². The third kappa shape index (κ3) is 7.89. The average molecular weight is 554 g/mol. The van der Waals surface area contributed by atoms with E-state index in [-0.39, 0.29) is 36.6 Å². The second-order valence-corrected chi connectivity index (χ2v) is 13.0. The van der Waals surface area contributed by atoms with E-state index in [1.165, 1.54) is 5.56 Å². The van der Waals surface area contributed by atoms with Crippen molar-refractivity contribution in [2.24, 2.45) is 10.8 Å². The number of ether oxygens (including phenoxy) is 2. The third-order valence-electron chi connectivity index (χ3n) is 7.78. The summed E-state index contributed by atoms with van der Waals surface area (Å²) in [6.45, 7) is 20.9. The molecule has 1 fully saturated rings. The number of benzene rings is 1. The number of rotatable bonds is 10. The molecule has 8 nitrogen and oxygen atoms in total. The van der Waals surface area contributed by atoms with Crippen LogP contribution < -0.4 is 5.32 Å². The molecule has 0 aromatic heterocycles. The Morgan fingerprint density at radius 3 is 2.50 bits per heavy atom. The molecule has 0 saturated carbocycles. The van der Waals surface area contributed by atoms with E-state index in [0.717, 1.165) is 30.4 Å². The van der Waals surface area contributed by atoms with Gasteiger partial charge in [-0.15, -0.1) is 13.2 Å². The van der Waals surface area contributed by atoms with Crippen LogP contribution in [-0.2, 0) is 33.8 Å². The molecule has 40 heavy (non-hydrogen) atoms. The summed E-state index contributed by atoms with van der Waals surface area (Å²) in [6.07, 6.45) is 5.29. The summed E-state index contributed by atoms with van der Waals surface area (Å²) in [4.78, 5) is 42.9. The molecule has 0 aliphatic carbocycles. The van der Waals surface area contributed by atoms with Crippen LogP contribution in [0.5, 0.6) is 0 Å². The van der Waals surface area contributed by atoms with E-state index in [4.69, 9.17) is 9.47 Å². The number of allylic oxidation sites excluding steroid dienone is 2. The van der Waals surface area contributed by atoms with E-state index in [2.05, 4.69) is 24.5 Å². The van der Waals surface area contributed by atoms with Crippen molar-refractivity contribution in [1.82, 2.24) is 15.1 Å². The van der Waals surface area contributed by atoms with Crippen molar-refractivity contribution in [1.29, 1.82) is 0 Å². The molecule has 1 N–H and O–H groups in total. The van der Waals surface area contributed by atoms with Crippen molar-refractivity contribution >= 4 is 18.1 Å². The molecule has 3 amide bonds. The molecule has 2 aliphatic heterocycles. The number of hydrogen-bond acceptors (Lipinski definition) is 5. The van der Waals surface area contributed by atoms with Gasteiger partial charge in [-0.3, -0.25) is 9.69 Å². The first-order valence-corrected chi connectivity index (χ1v) is 14.3. The van der Waals surface area contributed by atoms with Crippen molar-refractivity contribution in [2.75, 3.05) is 13.2 Å². The van der Waals surface area contributed by atoms with E-state index in [0.29, 0.717) is 19.5 Å². The molecule has 3 rings (SSSR count). The zero-order valence-corrected chi connectivity index (χ0v) is 25.1. The molecule has 1 aromatic carbocycles. The van der Waals surface area contributed by atoms with Gasteiger partial charge in [-0.1, -0.05) is 65.0 Å². The van der Waals surface area contributed by atoms with Crippen molar-refractivity contribution in [3.8, 4) is 0 Å². The minimum atomic E-state index is -0.787. The minimum Gasteiger partial charge on any atom is -0.449 e. The van der Waals surface area contributed by atoms with Gasteiger partial charge in [-0.05, 0) is 53.7 Å². The summed E-state index contributed by atoms with van der Waals surface area (Å²) in [6, 6.07) is 5.19. The molecule has 8 heteroatoms. The first kappa shape index (κ1) is 31.2. The number of carbonyl (C=O) groups excluding carboxylic acids is 3. The highest BCUT2D eigenvalue weighted by molar-refractivity contribution is 5.87. The number of nitrogens with one attached hydrogen (secondary N) is 1. The maximum atomic E-state index is 13.7. The number of carbonyl (C=O) groups is 3. The highest BCUT2D eigenvalue weighted by Crippen LogP contribution is 2.30.